The van der Waals surface area contributed by atoms with Gasteiger partial charge in [0.05, 0.1) is 0 Å². The van der Waals surface area contributed by atoms with Gasteiger partial charge in [0.1, 0.15) is 5.75 Å². The second-order valence-corrected chi connectivity index (χ2v) is 4.57. The molecule has 1 aromatic rings. The van der Waals surface area contributed by atoms with E-state index in [9.17, 15) is 4.79 Å². The molecule has 1 N–H and O–H groups in total. The van der Waals surface area contributed by atoms with Gasteiger partial charge in [0.2, 0.25) is 0 Å². The summed E-state index contributed by atoms with van der Waals surface area (Å²) in [5.74, 6) is 1.07. The van der Waals surface area contributed by atoms with Crippen LogP contribution in [0.25, 0.3) is 0 Å². The van der Waals surface area contributed by atoms with Crippen LogP contribution in [0.2, 0.25) is 0 Å². The van der Waals surface area contributed by atoms with Gasteiger partial charge in [-0.1, -0.05) is 26.0 Å². The molecule has 0 spiro atoms. The molecule has 3 nitrogen and oxygen atoms in total. The first-order chi connectivity index (χ1) is 7.95. The minimum atomic E-state index is -0.473. The maximum absolute atomic E-state index is 11.4. The number of carbonyl (C=O) groups excluding carboxylic acids is 1. The predicted molar refractivity (Wildman–Crippen MR) is 69.4 cm³/mol. The highest BCUT2D eigenvalue weighted by Gasteiger charge is 2.16. The van der Waals surface area contributed by atoms with Gasteiger partial charge in [0, 0.05) is 7.05 Å². The molecule has 1 atom stereocenters. The topological polar surface area (TPSA) is 38.3 Å². The smallest absolute Gasteiger partial charge is 0.260 e. The zero-order valence-corrected chi connectivity index (χ0v) is 11.2. The lowest BCUT2D eigenvalue weighted by Crippen LogP contribution is -2.34. The predicted octanol–water partition coefficient (Wildman–Crippen LogP) is 2.63. The number of benzene rings is 1. The lowest BCUT2D eigenvalue weighted by atomic mass is 10.0. The Kier molecular flexibility index (Phi) is 4.55. The highest BCUT2D eigenvalue weighted by Crippen LogP contribution is 2.28. The van der Waals surface area contributed by atoms with Gasteiger partial charge in [-0.15, -0.1) is 0 Å². The quantitative estimate of drug-likeness (QED) is 0.871. The molecule has 1 rings (SSSR count). The fraction of sp³-hybridized carbons (Fsp3) is 0.500. The second kappa shape index (κ2) is 5.71. The fourth-order valence-corrected chi connectivity index (χ4v) is 1.67. The third-order valence-electron chi connectivity index (χ3n) is 2.71. The largest absolute Gasteiger partial charge is 0.481 e. The molecule has 1 aromatic carbocycles. The average molecular weight is 235 g/mol. The van der Waals surface area contributed by atoms with Gasteiger partial charge in [-0.2, -0.15) is 0 Å². The Balaban J connectivity index is 2.96. The summed E-state index contributed by atoms with van der Waals surface area (Å²) in [6.07, 6.45) is -0.473. The van der Waals surface area contributed by atoms with E-state index in [1.807, 2.05) is 13.0 Å². The minimum absolute atomic E-state index is 0.110. The number of amides is 1. The van der Waals surface area contributed by atoms with Crippen LogP contribution in [0.1, 0.15) is 37.8 Å². The third-order valence-corrected chi connectivity index (χ3v) is 2.71. The maximum atomic E-state index is 11.4. The summed E-state index contributed by atoms with van der Waals surface area (Å²) >= 11 is 0. The molecule has 0 aliphatic heterocycles. The monoisotopic (exact) mass is 235 g/mol. The molecule has 17 heavy (non-hydrogen) atoms. The molecule has 0 aliphatic carbocycles. The van der Waals surface area contributed by atoms with Crippen LogP contribution in [0.3, 0.4) is 0 Å². The maximum Gasteiger partial charge on any atom is 0.260 e. The molecule has 0 radical (unpaired) electrons. The first-order valence-corrected chi connectivity index (χ1v) is 5.94. The molecule has 0 heterocycles. The van der Waals surface area contributed by atoms with E-state index in [-0.39, 0.29) is 5.91 Å². The summed E-state index contributed by atoms with van der Waals surface area (Å²) in [7, 11) is 1.61. The number of aryl methyl sites for hydroxylation is 1. The first kappa shape index (κ1) is 13.6. The van der Waals surface area contributed by atoms with Gasteiger partial charge in [-0.3, -0.25) is 4.79 Å². The fourth-order valence-electron chi connectivity index (χ4n) is 1.67. The van der Waals surface area contributed by atoms with Gasteiger partial charge < -0.3 is 10.1 Å². The third kappa shape index (κ3) is 3.48. The van der Waals surface area contributed by atoms with Crippen molar-refractivity contribution < 1.29 is 9.53 Å². The van der Waals surface area contributed by atoms with E-state index in [2.05, 4.69) is 31.3 Å². The van der Waals surface area contributed by atoms with E-state index in [4.69, 9.17) is 4.74 Å². The zero-order chi connectivity index (χ0) is 13.0. The Bertz CT molecular complexity index is 399. The highest BCUT2D eigenvalue weighted by molar-refractivity contribution is 5.80. The van der Waals surface area contributed by atoms with E-state index in [0.717, 1.165) is 16.9 Å². The number of carbonyl (C=O) groups is 1. The van der Waals surface area contributed by atoms with Crippen LogP contribution in [-0.4, -0.2) is 19.1 Å². The van der Waals surface area contributed by atoms with Crippen LogP contribution in [-0.2, 0) is 4.79 Å². The molecule has 0 aliphatic rings. The molecule has 0 saturated carbocycles. The normalized spacial score (nSPS) is 12.4. The van der Waals surface area contributed by atoms with Crippen molar-refractivity contribution in [2.24, 2.45) is 0 Å². The van der Waals surface area contributed by atoms with Crippen LogP contribution in [0.4, 0.5) is 0 Å². The summed E-state index contributed by atoms with van der Waals surface area (Å²) in [6.45, 7) is 8.00. The number of hydrogen-bond acceptors (Lipinski definition) is 2. The van der Waals surface area contributed by atoms with Crippen LogP contribution < -0.4 is 10.1 Å². The lowest BCUT2D eigenvalue weighted by Gasteiger charge is -2.18. The lowest BCUT2D eigenvalue weighted by molar-refractivity contribution is -0.126. The summed E-state index contributed by atoms with van der Waals surface area (Å²) in [4.78, 5) is 11.4. The van der Waals surface area contributed by atoms with Crippen LogP contribution >= 0.6 is 0 Å². The van der Waals surface area contributed by atoms with Crippen molar-refractivity contribution >= 4 is 5.91 Å². The van der Waals surface area contributed by atoms with Crippen molar-refractivity contribution in [1.82, 2.24) is 5.32 Å². The van der Waals surface area contributed by atoms with E-state index in [1.54, 1.807) is 14.0 Å². The number of nitrogens with one attached hydrogen (secondary N) is 1. The molecule has 0 bridgehead atoms. The van der Waals surface area contributed by atoms with Crippen LogP contribution in [0.5, 0.6) is 5.75 Å². The van der Waals surface area contributed by atoms with E-state index >= 15 is 0 Å². The van der Waals surface area contributed by atoms with Crippen molar-refractivity contribution in [2.45, 2.75) is 39.7 Å². The second-order valence-electron chi connectivity index (χ2n) is 4.57. The summed E-state index contributed by atoms with van der Waals surface area (Å²) in [5, 5.41) is 2.58. The summed E-state index contributed by atoms with van der Waals surface area (Å²) in [6, 6.07) is 6.10. The molecular weight excluding hydrogens is 214 g/mol. The van der Waals surface area contributed by atoms with Gasteiger partial charge in [-0.25, -0.2) is 0 Å². The molecule has 0 aromatic heterocycles. The number of hydrogen-bond donors (Lipinski definition) is 1. The highest BCUT2D eigenvalue weighted by atomic mass is 16.5. The minimum Gasteiger partial charge on any atom is -0.481 e. The molecular formula is C14H21NO2. The summed E-state index contributed by atoms with van der Waals surface area (Å²) < 4.78 is 5.73. The SMILES string of the molecule is CNC(=O)[C@H](C)Oc1cc(C)ccc1C(C)C. The Morgan fingerprint density at radius 3 is 2.47 bits per heavy atom. The molecule has 1 amide bonds. The van der Waals surface area contributed by atoms with Gasteiger partial charge >= 0.3 is 0 Å². The van der Waals surface area contributed by atoms with Crippen molar-refractivity contribution in [3.8, 4) is 5.75 Å². The molecule has 0 unspecified atom stereocenters. The molecule has 0 saturated heterocycles. The number of ether oxygens (including phenoxy) is 1. The Hall–Kier alpha value is -1.51. The van der Waals surface area contributed by atoms with Gasteiger partial charge in [0.25, 0.3) is 5.91 Å². The first-order valence-electron chi connectivity index (χ1n) is 5.94. The van der Waals surface area contributed by atoms with Crippen molar-refractivity contribution in [3.05, 3.63) is 29.3 Å². The molecule has 94 valence electrons. The molecule has 3 heteroatoms. The van der Waals surface area contributed by atoms with Crippen molar-refractivity contribution in [2.75, 3.05) is 7.05 Å². The van der Waals surface area contributed by atoms with E-state index in [0.29, 0.717) is 5.92 Å². The number of rotatable bonds is 4. The van der Waals surface area contributed by atoms with Gasteiger partial charge in [0.15, 0.2) is 6.10 Å². The van der Waals surface area contributed by atoms with E-state index in [1.165, 1.54) is 0 Å². The Labute approximate surface area is 103 Å². The standard InChI is InChI=1S/C14H21NO2/c1-9(2)12-7-6-10(3)8-13(12)17-11(4)14(16)15-5/h6-9,11H,1-5H3,(H,15,16)/t11-/m0/s1. The van der Waals surface area contributed by atoms with Gasteiger partial charge in [-0.05, 0) is 37.0 Å². The van der Waals surface area contributed by atoms with Crippen molar-refractivity contribution in [1.29, 1.82) is 0 Å². The zero-order valence-electron chi connectivity index (χ0n) is 11.2. The van der Waals surface area contributed by atoms with Crippen molar-refractivity contribution in [3.63, 3.8) is 0 Å². The Morgan fingerprint density at radius 2 is 1.94 bits per heavy atom. The van der Waals surface area contributed by atoms with Crippen LogP contribution in [0, 0.1) is 6.92 Å². The summed E-state index contributed by atoms with van der Waals surface area (Å²) in [5.41, 5.74) is 2.26. The van der Waals surface area contributed by atoms with E-state index < -0.39 is 6.10 Å². The Morgan fingerprint density at radius 1 is 1.29 bits per heavy atom. The average Bonchev–Trinajstić information content (AvgIpc) is 2.27. The molecule has 0 fully saturated rings. The van der Waals surface area contributed by atoms with Crippen LogP contribution in [0.15, 0.2) is 18.2 Å². The number of likely N-dealkylation sites (N-methyl/N-ethyl adjacent to an activating group) is 1.